The second-order valence-corrected chi connectivity index (χ2v) is 14.7. The molecule has 0 saturated heterocycles. The number of carbonyl (C=O) groups is 2. The fraction of sp³-hybridized carbons (Fsp3) is 0.324. The lowest BCUT2D eigenvalue weighted by molar-refractivity contribution is -0.117. The van der Waals surface area contributed by atoms with Gasteiger partial charge in [-0.2, -0.15) is 8.42 Å². The van der Waals surface area contributed by atoms with Crippen LogP contribution in [0.1, 0.15) is 73.1 Å². The first-order valence-corrected chi connectivity index (χ1v) is 17.1. The van der Waals surface area contributed by atoms with Crippen molar-refractivity contribution in [1.29, 1.82) is 0 Å². The Morgan fingerprint density at radius 1 is 0.826 bits per heavy atom. The van der Waals surface area contributed by atoms with Crippen LogP contribution in [0.3, 0.4) is 0 Å². The Balaban J connectivity index is 1.50. The molecular weight excluding hydrogens is 598 g/mol. The van der Waals surface area contributed by atoms with Gasteiger partial charge in [0.25, 0.3) is 16.0 Å². The zero-order chi connectivity index (χ0) is 33.5. The van der Waals surface area contributed by atoms with Crippen LogP contribution in [0.15, 0.2) is 91.1 Å². The summed E-state index contributed by atoms with van der Waals surface area (Å²) in [6, 6.07) is 27.1. The lowest BCUT2D eigenvalue weighted by Gasteiger charge is -2.22. The number of nitrogens with one attached hydrogen (secondary N) is 2. The van der Waals surface area contributed by atoms with Crippen molar-refractivity contribution >= 4 is 27.6 Å². The van der Waals surface area contributed by atoms with Gasteiger partial charge in [0.2, 0.25) is 5.91 Å². The lowest BCUT2D eigenvalue weighted by Crippen LogP contribution is -2.28. The van der Waals surface area contributed by atoms with Crippen LogP contribution >= 0.6 is 0 Å². The first-order valence-electron chi connectivity index (χ1n) is 15.5. The molecule has 2 amide bonds. The fourth-order valence-electron chi connectivity index (χ4n) is 5.15. The van der Waals surface area contributed by atoms with E-state index in [-0.39, 0.29) is 17.9 Å². The van der Waals surface area contributed by atoms with Gasteiger partial charge in [0, 0.05) is 17.7 Å². The zero-order valence-corrected chi connectivity index (χ0v) is 27.9. The van der Waals surface area contributed by atoms with Gasteiger partial charge in [-0.1, -0.05) is 95.3 Å². The summed E-state index contributed by atoms with van der Waals surface area (Å²) in [7, 11) is -4.17. The number of carbonyl (C=O) groups excluding carboxylic acids is 2. The normalized spacial score (nSPS) is 12.5. The van der Waals surface area contributed by atoms with Crippen LogP contribution in [0.2, 0.25) is 0 Å². The van der Waals surface area contributed by atoms with Crippen molar-refractivity contribution < 1.29 is 22.6 Å². The summed E-state index contributed by atoms with van der Waals surface area (Å²) in [5.74, 6) is -1.12. The minimum Gasteiger partial charge on any atom is -0.351 e. The molecular formula is C37H43N3O5S. The van der Waals surface area contributed by atoms with Crippen molar-refractivity contribution in [3.05, 3.63) is 119 Å². The van der Waals surface area contributed by atoms with Gasteiger partial charge in [0.1, 0.15) is 0 Å². The predicted molar refractivity (Wildman–Crippen MR) is 184 cm³/mol. The maximum Gasteiger partial charge on any atom is 0.266 e. The highest BCUT2D eigenvalue weighted by Gasteiger charge is 2.23. The van der Waals surface area contributed by atoms with E-state index in [2.05, 4.69) is 86.6 Å². The van der Waals surface area contributed by atoms with Gasteiger partial charge in [-0.05, 0) is 70.7 Å². The molecule has 0 saturated carbocycles. The highest BCUT2D eigenvalue weighted by molar-refractivity contribution is 7.85. The average molecular weight is 642 g/mol. The van der Waals surface area contributed by atoms with Crippen LogP contribution in [-0.2, 0) is 33.2 Å². The van der Waals surface area contributed by atoms with Crippen LogP contribution in [-0.4, -0.2) is 42.1 Å². The molecule has 8 nitrogen and oxygen atoms in total. The summed E-state index contributed by atoms with van der Waals surface area (Å²) < 4.78 is 30.7. The van der Waals surface area contributed by atoms with Gasteiger partial charge >= 0.3 is 0 Å². The third-order valence-corrected chi connectivity index (χ3v) is 8.44. The van der Waals surface area contributed by atoms with E-state index in [4.69, 9.17) is 4.55 Å². The number of aromatic nitrogens is 1. The molecule has 46 heavy (non-hydrogen) atoms. The minimum atomic E-state index is -4.17. The molecule has 1 heterocycles. The standard InChI is InChI=1S/C37H43N3O5S/c1-25(2)22-26-6-10-29(11-7-26)34-19-18-32(24-39-34)40-36(42)33(28-14-16-31(17-15-28)37(3,4)5)23-27-8-12-30(13-9-27)35(41)38-20-21-46(43,44)45/h6-19,24-25,33H,20-23H2,1-5H3,(H,38,41)(H,40,42)(H,43,44,45). The van der Waals surface area contributed by atoms with Crippen molar-refractivity contribution in [2.75, 3.05) is 17.6 Å². The quantitative estimate of drug-likeness (QED) is 0.146. The van der Waals surface area contributed by atoms with Crippen molar-refractivity contribution in [2.24, 2.45) is 5.92 Å². The maximum atomic E-state index is 13.8. The zero-order valence-electron chi connectivity index (χ0n) is 27.1. The third kappa shape index (κ3) is 10.1. The molecule has 4 rings (SSSR count). The molecule has 0 aliphatic carbocycles. The van der Waals surface area contributed by atoms with E-state index in [9.17, 15) is 18.0 Å². The molecule has 3 aromatic carbocycles. The lowest BCUT2D eigenvalue weighted by atomic mass is 9.84. The number of pyridine rings is 1. The molecule has 9 heteroatoms. The molecule has 0 aliphatic heterocycles. The molecule has 0 spiro atoms. The molecule has 0 bridgehead atoms. The van der Waals surface area contributed by atoms with Gasteiger partial charge in [0.05, 0.1) is 29.2 Å². The Bertz CT molecular complexity index is 1730. The van der Waals surface area contributed by atoms with Crippen LogP contribution in [0, 0.1) is 5.92 Å². The molecule has 1 aromatic heterocycles. The summed E-state index contributed by atoms with van der Waals surface area (Å²) in [6.45, 7) is 10.6. The van der Waals surface area contributed by atoms with Crippen molar-refractivity contribution in [3.8, 4) is 11.3 Å². The van der Waals surface area contributed by atoms with E-state index < -0.39 is 27.7 Å². The SMILES string of the molecule is CC(C)Cc1ccc(-c2ccc(NC(=O)C(Cc3ccc(C(=O)NCCS(=O)(=O)O)cc3)c3ccc(C(C)(C)C)cc3)cn2)cc1. The average Bonchev–Trinajstić information content (AvgIpc) is 2.99. The van der Waals surface area contributed by atoms with Crippen molar-refractivity contribution in [2.45, 2.75) is 58.8 Å². The molecule has 0 fully saturated rings. The minimum absolute atomic E-state index is 0.0315. The first-order chi connectivity index (χ1) is 21.7. The summed E-state index contributed by atoms with van der Waals surface area (Å²) >= 11 is 0. The summed E-state index contributed by atoms with van der Waals surface area (Å²) in [5, 5.41) is 5.52. The second-order valence-electron chi connectivity index (χ2n) is 13.1. The molecule has 3 N–H and O–H groups in total. The highest BCUT2D eigenvalue weighted by atomic mass is 32.2. The summed E-state index contributed by atoms with van der Waals surface area (Å²) in [6.07, 6.45) is 3.09. The topological polar surface area (TPSA) is 125 Å². The van der Waals surface area contributed by atoms with Gasteiger partial charge in [0.15, 0.2) is 0 Å². The van der Waals surface area contributed by atoms with E-state index in [1.807, 2.05) is 24.3 Å². The van der Waals surface area contributed by atoms with E-state index in [1.165, 1.54) is 5.56 Å². The van der Waals surface area contributed by atoms with Crippen LogP contribution < -0.4 is 10.6 Å². The number of hydrogen-bond acceptors (Lipinski definition) is 5. The number of hydrogen-bond donors (Lipinski definition) is 3. The summed E-state index contributed by atoms with van der Waals surface area (Å²) in [5.41, 5.74) is 6.91. The molecule has 4 aromatic rings. The van der Waals surface area contributed by atoms with Gasteiger partial charge in [-0.15, -0.1) is 0 Å². The third-order valence-electron chi connectivity index (χ3n) is 7.72. The molecule has 1 unspecified atom stereocenters. The van der Waals surface area contributed by atoms with E-state index in [0.29, 0.717) is 23.6 Å². The predicted octanol–water partition coefficient (Wildman–Crippen LogP) is 6.83. The number of anilines is 1. The largest absolute Gasteiger partial charge is 0.351 e. The second kappa shape index (κ2) is 14.8. The van der Waals surface area contributed by atoms with Gasteiger partial charge < -0.3 is 10.6 Å². The Hall–Kier alpha value is -4.34. The number of rotatable bonds is 12. The number of benzene rings is 3. The van der Waals surface area contributed by atoms with E-state index in [1.54, 1.807) is 30.5 Å². The van der Waals surface area contributed by atoms with Crippen molar-refractivity contribution in [3.63, 3.8) is 0 Å². The molecule has 0 radical (unpaired) electrons. The number of nitrogens with zero attached hydrogens (tertiary/aromatic N) is 1. The summed E-state index contributed by atoms with van der Waals surface area (Å²) in [4.78, 5) is 30.8. The Labute approximate surface area is 272 Å². The van der Waals surface area contributed by atoms with Gasteiger partial charge in [-0.25, -0.2) is 0 Å². The smallest absolute Gasteiger partial charge is 0.266 e. The highest BCUT2D eigenvalue weighted by Crippen LogP contribution is 2.28. The molecule has 1 atom stereocenters. The van der Waals surface area contributed by atoms with Crippen LogP contribution in [0.25, 0.3) is 11.3 Å². The Kier molecular flexibility index (Phi) is 11.1. The van der Waals surface area contributed by atoms with Crippen LogP contribution in [0.5, 0.6) is 0 Å². The maximum absolute atomic E-state index is 13.8. The van der Waals surface area contributed by atoms with Crippen LogP contribution in [0.4, 0.5) is 5.69 Å². The molecule has 242 valence electrons. The van der Waals surface area contributed by atoms with Gasteiger partial charge in [-0.3, -0.25) is 19.1 Å². The first kappa shape index (κ1) is 34.5. The number of amides is 2. The van der Waals surface area contributed by atoms with E-state index >= 15 is 0 Å². The fourth-order valence-corrected chi connectivity index (χ4v) is 5.51. The van der Waals surface area contributed by atoms with E-state index in [0.717, 1.165) is 34.4 Å². The molecule has 0 aliphatic rings. The Morgan fingerprint density at radius 3 is 1.98 bits per heavy atom. The monoisotopic (exact) mass is 641 g/mol. The Morgan fingerprint density at radius 2 is 1.43 bits per heavy atom. The van der Waals surface area contributed by atoms with Crippen molar-refractivity contribution in [1.82, 2.24) is 10.3 Å².